The van der Waals surface area contributed by atoms with Crippen LogP contribution in [-0.2, 0) is 6.54 Å². The van der Waals surface area contributed by atoms with E-state index in [1.54, 1.807) is 31.2 Å². The maximum Gasteiger partial charge on any atom is 0.114 e. The van der Waals surface area contributed by atoms with Crippen LogP contribution in [-0.4, -0.2) is 15.0 Å². The van der Waals surface area contributed by atoms with Gasteiger partial charge in [-0.05, 0) is 6.07 Å². The molecule has 3 heterocycles. The van der Waals surface area contributed by atoms with Gasteiger partial charge in [0.25, 0.3) is 0 Å². The molecule has 5 heteroatoms. The van der Waals surface area contributed by atoms with Crippen LogP contribution in [0.25, 0.3) is 11.0 Å². The average Bonchev–Trinajstić information content (AvgIpc) is 2.97. The fourth-order valence-electron chi connectivity index (χ4n) is 1.58. The molecule has 0 radical (unpaired) electrons. The van der Waals surface area contributed by atoms with Crippen molar-refractivity contribution >= 4 is 16.7 Å². The first-order valence-electron chi connectivity index (χ1n) is 4.95. The number of H-pyrrole nitrogens is 1. The van der Waals surface area contributed by atoms with Gasteiger partial charge in [0.05, 0.1) is 42.5 Å². The minimum atomic E-state index is 0.699. The van der Waals surface area contributed by atoms with Crippen molar-refractivity contribution in [2.45, 2.75) is 6.54 Å². The van der Waals surface area contributed by atoms with Gasteiger partial charge in [0, 0.05) is 12.1 Å². The molecule has 0 aliphatic heterocycles. The molecule has 2 N–H and O–H groups in total. The monoisotopic (exact) mass is 214 g/mol. The van der Waals surface area contributed by atoms with Gasteiger partial charge in [-0.2, -0.15) is 0 Å². The summed E-state index contributed by atoms with van der Waals surface area (Å²) in [5, 5.41) is 3.27. The quantitative estimate of drug-likeness (QED) is 0.701. The lowest BCUT2D eigenvalue weighted by molar-refractivity contribution is 0.564. The molecule has 0 atom stereocenters. The standard InChI is InChI=1S/C11H10N4O/c1-2-16-6-8(1)3-13-9-4-12-5-10-11(9)15-7-14-10/h1-2,4-7,13H,3H2,(H,14,15). The summed E-state index contributed by atoms with van der Waals surface area (Å²) in [6.45, 7) is 0.699. The first kappa shape index (κ1) is 8.96. The predicted molar refractivity (Wildman–Crippen MR) is 59.9 cm³/mol. The third-order valence-corrected chi connectivity index (χ3v) is 2.39. The number of nitrogens with zero attached hydrogens (tertiary/aromatic N) is 2. The number of aromatic amines is 1. The first-order chi connectivity index (χ1) is 7.93. The Morgan fingerprint density at radius 2 is 2.38 bits per heavy atom. The smallest absolute Gasteiger partial charge is 0.114 e. The van der Waals surface area contributed by atoms with Crippen LogP contribution < -0.4 is 5.32 Å². The zero-order valence-electron chi connectivity index (χ0n) is 8.47. The number of hydrogen-bond donors (Lipinski definition) is 2. The molecule has 0 saturated heterocycles. The number of rotatable bonds is 3. The van der Waals surface area contributed by atoms with Crippen molar-refractivity contribution in [3.05, 3.63) is 42.9 Å². The van der Waals surface area contributed by atoms with E-state index >= 15 is 0 Å². The van der Waals surface area contributed by atoms with Gasteiger partial charge in [-0.1, -0.05) is 0 Å². The summed E-state index contributed by atoms with van der Waals surface area (Å²) in [7, 11) is 0. The third-order valence-electron chi connectivity index (χ3n) is 2.39. The molecule has 3 aromatic heterocycles. The van der Waals surface area contributed by atoms with E-state index in [1.807, 2.05) is 6.07 Å². The van der Waals surface area contributed by atoms with E-state index in [-0.39, 0.29) is 0 Å². The van der Waals surface area contributed by atoms with E-state index in [9.17, 15) is 0 Å². The van der Waals surface area contributed by atoms with Gasteiger partial charge < -0.3 is 14.7 Å². The molecule has 5 nitrogen and oxygen atoms in total. The zero-order chi connectivity index (χ0) is 10.8. The van der Waals surface area contributed by atoms with Gasteiger partial charge in [-0.15, -0.1) is 0 Å². The van der Waals surface area contributed by atoms with Gasteiger partial charge in [0.1, 0.15) is 5.52 Å². The molecule has 0 fully saturated rings. The molecule has 0 bridgehead atoms. The maximum absolute atomic E-state index is 5.00. The van der Waals surface area contributed by atoms with E-state index in [0.29, 0.717) is 6.54 Å². The molecule has 16 heavy (non-hydrogen) atoms. The molecule has 0 aliphatic rings. The highest BCUT2D eigenvalue weighted by molar-refractivity contribution is 5.86. The summed E-state index contributed by atoms with van der Waals surface area (Å²) in [4.78, 5) is 11.4. The van der Waals surface area contributed by atoms with Crippen LogP contribution in [0.4, 0.5) is 5.69 Å². The van der Waals surface area contributed by atoms with Crippen LogP contribution in [0.15, 0.2) is 41.7 Å². The summed E-state index contributed by atoms with van der Waals surface area (Å²) in [5.74, 6) is 0. The number of aromatic nitrogens is 3. The number of imidazole rings is 1. The van der Waals surface area contributed by atoms with Crippen LogP contribution in [0.5, 0.6) is 0 Å². The Balaban J connectivity index is 1.86. The molecule has 0 saturated carbocycles. The minimum absolute atomic E-state index is 0.699. The van der Waals surface area contributed by atoms with Crippen LogP contribution in [0.1, 0.15) is 5.56 Å². The molecule has 0 unspecified atom stereocenters. The van der Waals surface area contributed by atoms with E-state index in [1.165, 1.54) is 0 Å². The Kier molecular flexibility index (Phi) is 2.07. The van der Waals surface area contributed by atoms with Gasteiger partial charge in [0.15, 0.2) is 0 Å². The number of fused-ring (bicyclic) bond motifs is 1. The number of hydrogen-bond acceptors (Lipinski definition) is 4. The van der Waals surface area contributed by atoms with Crippen LogP contribution in [0, 0.1) is 0 Å². The molecular formula is C11H10N4O. The number of furan rings is 1. The second-order valence-corrected chi connectivity index (χ2v) is 3.47. The zero-order valence-corrected chi connectivity index (χ0v) is 8.47. The fraction of sp³-hybridized carbons (Fsp3) is 0.0909. The lowest BCUT2D eigenvalue weighted by Crippen LogP contribution is -1.99. The van der Waals surface area contributed by atoms with Crippen molar-refractivity contribution < 1.29 is 4.42 Å². The number of pyridine rings is 1. The van der Waals surface area contributed by atoms with Crippen molar-refractivity contribution in [2.24, 2.45) is 0 Å². The van der Waals surface area contributed by atoms with Gasteiger partial charge in [-0.3, -0.25) is 4.98 Å². The summed E-state index contributed by atoms with van der Waals surface area (Å²) in [5.41, 5.74) is 3.84. The highest BCUT2D eigenvalue weighted by Crippen LogP contribution is 2.18. The molecule has 0 amide bonds. The van der Waals surface area contributed by atoms with Crippen molar-refractivity contribution in [1.82, 2.24) is 15.0 Å². The maximum atomic E-state index is 5.00. The van der Waals surface area contributed by atoms with Crippen molar-refractivity contribution in [3.63, 3.8) is 0 Å². The summed E-state index contributed by atoms with van der Waals surface area (Å²) in [6, 6.07) is 1.92. The second kappa shape index (κ2) is 3.69. The largest absolute Gasteiger partial charge is 0.472 e. The highest BCUT2D eigenvalue weighted by Gasteiger charge is 2.03. The molecule has 0 aliphatic carbocycles. The number of nitrogens with one attached hydrogen (secondary N) is 2. The Labute approximate surface area is 91.5 Å². The topological polar surface area (TPSA) is 66.7 Å². The van der Waals surface area contributed by atoms with Crippen LogP contribution in [0.2, 0.25) is 0 Å². The molecule has 80 valence electrons. The van der Waals surface area contributed by atoms with Crippen molar-refractivity contribution in [2.75, 3.05) is 5.32 Å². The minimum Gasteiger partial charge on any atom is -0.472 e. The predicted octanol–water partition coefficient (Wildman–Crippen LogP) is 2.16. The summed E-state index contributed by atoms with van der Waals surface area (Å²) >= 11 is 0. The fourth-order valence-corrected chi connectivity index (χ4v) is 1.58. The first-order valence-corrected chi connectivity index (χ1v) is 4.95. The lowest BCUT2D eigenvalue weighted by atomic mass is 10.3. The van der Waals surface area contributed by atoms with Gasteiger partial charge in [-0.25, -0.2) is 4.98 Å². The molecule has 3 rings (SSSR count). The molecular weight excluding hydrogens is 204 g/mol. The van der Waals surface area contributed by atoms with E-state index in [4.69, 9.17) is 4.42 Å². The Morgan fingerprint density at radius 3 is 3.25 bits per heavy atom. The van der Waals surface area contributed by atoms with Crippen molar-refractivity contribution in [1.29, 1.82) is 0 Å². The van der Waals surface area contributed by atoms with E-state index in [2.05, 4.69) is 20.3 Å². The Hall–Kier alpha value is -2.30. The highest BCUT2D eigenvalue weighted by atomic mass is 16.3. The number of anilines is 1. The van der Waals surface area contributed by atoms with E-state index < -0.39 is 0 Å². The molecule has 3 aromatic rings. The summed E-state index contributed by atoms with van der Waals surface area (Å²) in [6.07, 6.45) is 8.56. The summed E-state index contributed by atoms with van der Waals surface area (Å²) < 4.78 is 5.00. The van der Waals surface area contributed by atoms with E-state index in [0.717, 1.165) is 22.3 Å². The molecule has 0 aromatic carbocycles. The van der Waals surface area contributed by atoms with Gasteiger partial charge in [0.2, 0.25) is 0 Å². The normalized spacial score (nSPS) is 10.8. The van der Waals surface area contributed by atoms with Crippen molar-refractivity contribution in [3.8, 4) is 0 Å². The molecule has 0 spiro atoms. The Bertz CT molecular complexity index is 585. The Morgan fingerprint density at radius 1 is 1.38 bits per heavy atom. The van der Waals surface area contributed by atoms with Crippen LogP contribution >= 0.6 is 0 Å². The van der Waals surface area contributed by atoms with Gasteiger partial charge >= 0.3 is 0 Å². The lowest BCUT2D eigenvalue weighted by Gasteiger charge is -2.04. The second-order valence-electron chi connectivity index (χ2n) is 3.47. The third kappa shape index (κ3) is 1.52. The van der Waals surface area contributed by atoms with Crippen LogP contribution in [0.3, 0.4) is 0 Å². The average molecular weight is 214 g/mol. The SMILES string of the molecule is c1nc2c(NCc3ccoc3)cncc2[nH]1.